The molecule has 1 aromatic rings. The minimum absolute atomic E-state index is 0.152. The number of ether oxygens (including phenoxy) is 1. The third kappa shape index (κ3) is 3.13. The van der Waals surface area contributed by atoms with Crippen molar-refractivity contribution in [3.63, 3.8) is 0 Å². The first-order valence-electron chi connectivity index (χ1n) is 6.50. The molecule has 1 aromatic carbocycles. The van der Waals surface area contributed by atoms with Crippen LogP contribution in [0.25, 0.3) is 0 Å². The van der Waals surface area contributed by atoms with Gasteiger partial charge in [-0.2, -0.15) is 0 Å². The molecule has 19 heavy (non-hydrogen) atoms. The Hall–Kier alpha value is -1.84. The van der Waals surface area contributed by atoms with Crippen molar-refractivity contribution < 1.29 is 14.3 Å². The summed E-state index contributed by atoms with van der Waals surface area (Å²) in [7, 11) is 0. The lowest BCUT2D eigenvalue weighted by Crippen LogP contribution is -2.26. The molecule has 0 saturated carbocycles. The van der Waals surface area contributed by atoms with Gasteiger partial charge in [-0.15, -0.1) is 0 Å². The number of carbonyl (C=O) groups is 2. The van der Waals surface area contributed by atoms with Crippen LogP contribution >= 0.6 is 0 Å². The van der Waals surface area contributed by atoms with Gasteiger partial charge in [0.2, 0.25) is 5.91 Å². The average molecular weight is 261 g/mol. The summed E-state index contributed by atoms with van der Waals surface area (Å²) in [5.41, 5.74) is 0.335. The summed E-state index contributed by atoms with van der Waals surface area (Å²) in [6.07, 6.45) is 1.51. The second-order valence-electron chi connectivity index (χ2n) is 5.78. The molecule has 4 heteroatoms. The first kappa shape index (κ1) is 13.6. The smallest absolute Gasteiger partial charge is 0.316 e. The van der Waals surface area contributed by atoms with Gasteiger partial charge < -0.3 is 9.64 Å². The molecule has 4 nitrogen and oxygen atoms in total. The van der Waals surface area contributed by atoms with E-state index in [-0.39, 0.29) is 11.9 Å². The summed E-state index contributed by atoms with van der Waals surface area (Å²) in [6.45, 7) is 6.20. The Bertz CT molecular complexity index is 485. The summed E-state index contributed by atoms with van der Waals surface area (Å²) in [5, 5.41) is 0. The number of carbonyl (C=O) groups excluding carboxylic acids is 2. The number of benzene rings is 1. The maximum absolute atomic E-state index is 11.7. The van der Waals surface area contributed by atoms with Crippen LogP contribution in [-0.2, 0) is 9.59 Å². The minimum Gasteiger partial charge on any atom is -0.426 e. The van der Waals surface area contributed by atoms with Gasteiger partial charge in [0.05, 0.1) is 5.41 Å². The van der Waals surface area contributed by atoms with Gasteiger partial charge >= 0.3 is 5.97 Å². The molecule has 2 rings (SSSR count). The second-order valence-corrected chi connectivity index (χ2v) is 5.78. The molecule has 0 spiro atoms. The van der Waals surface area contributed by atoms with Crippen molar-refractivity contribution in [2.24, 2.45) is 5.41 Å². The zero-order valence-corrected chi connectivity index (χ0v) is 11.6. The fourth-order valence-electron chi connectivity index (χ4n) is 1.88. The SMILES string of the molecule is CC(C)(C)C(=O)Oc1ccc(N2CCCC2=O)cc1. The molecule has 0 unspecified atom stereocenters. The first-order valence-corrected chi connectivity index (χ1v) is 6.50. The first-order chi connectivity index (χ1) is 8.88. The third-order valence-corrected chi connectivity index (χ3v) is 3.04. The molecular formula is C15H19NO3. The van der Waals surface area contributed by atoms with E-state index in [1.807, 2.05) is 32.9 Å². The third-order valence-electron chi connectivity index (χ3n) is 3.04. The fraction of sp³-hybridized carbons (Fsp3) is 0.467. The molecule has 1 saturated heterocycles. The summed E-state index contributed by atoms with van der Waals surface area (Å²) in [6, 6.07) is 7.08. The molecule has 0 N–H and O–H groups in total. The van der Waals surface area contributed by atoms with Gasteiger partial charge in [0, 0.05) is 18.7 Å². The van der Waals surface area contributed by atoms with Crippen LogP contribution < -0.4 is 9.64 Å². The van der Waals surface area contributed by atoms with E-state index < -0.39 is 5.41 Å². The standard InChI is InChI=1S/C15H19NO3/c1-15(2,3)14(18)19-12-8-6-11(7-9-12)16-10-4-5-13(16)17/h6-9H,4-5,10H2,1-3H3. The van der Waals surface area contributed by atoms with Crippen LogP contribution in [0.4, 0.5) is 5.69 Å². The Morgan fingerprint density at radius 2 is 1.84 bits per heavy atom. The summed E-state index contributed by atoms with van der Waals surface area (Å²) >= 11 is 0. The zero-order chi connectivity index (χ0) is 14.0. The van der Waals surface area contributed by atoms with E-state index in [0.29, 0.717) is 12.2 Å². The van der Waals surface area contributed by atoms with Gasteiger partial charge in [0.15, 0.2) is 0 Å². The van der Waals surface area contributed by atoms with Crippen LogP contribution in [0.1, 0.15) is 33.6 Å². The van der Waals surface area contributed by atoms with Crippen LogP contribution in [-0.4, -0.2) is 18.4 Å². The molecule has 1 amide bonds. The van der Waals surface area contributed by atoms with Crippen LogP contribution in [0.3, 0.4) is 0 Å². The van der Waals surface area contributed by atoms with Gasteiger partial charge in [-0.1, -0.05) is 0 Å². The Kier molecular flexibility index (Phi) is 3.60. The van der Waals surface area contributed by atoms with E-state index in [1.165, 1.54) is 0 Å². The van der Waals surface area contributed by atoms with Gasteiger partial charge in [-0.05, 0) is 51.5 Å². The molecule has 102 valence electrons. The van der Waals surface area contributed by atoms with E-state index in [2.05, 4.69) is 0 Å². The lowest BCUT2D eigenvalue weighted by molar-refractivity contribution is -0.143. The normalized spacial score (nSPS) is 15.7. The van der Waals surface area contributed by atoms with Crippen LogP contribution in [0.5, 0.6) is 5.75 Å². The average Bonchev–Trinajstić information content (AvgIpc) is 2.75. The van der Waals surface area contributed by atoms with E-state index in [4.69, 9.17) is 4.74 Å². The van der Waals surface area contributed by atoms with Crippen LogP contribution in [0.2, 0.25) is 0 Å². The number of anilines is 1. The summed E-state index contributed by atoms with van der Waals surface area (Å²) in [5.74, 6) is 0.396. The van der Waals surface area contributed by atoms with Crippen molar-refractivity contribution >= 4 is 17.6 Å². The fourth-order valence-corrected chi connectivity index (χ4v) is 1.88. The molecule has 1 fully saturated rings. The number of hydrogen-bond donors (Lipinski definition) is 0. The quantitative estimate of drug-likeness (QED) is 0.607. The molecule has 0 atom stereocenters. The molecule has 0 bridgehead atoms. The van der Waals surface area contributed by atoms with E-state index in [1.54, 1.807) is 17.0 Å². The molecule has 1 heterocycles. The Morgan fingerprint density at radius 1 is 1.21 bits per heavy atom. The van der Waals surface area contributed by atoms with Crippen molar-refractivity contribution in [1.82, 2.24) is 0 Å². The minimum atomic E-state index is -0.524. The Labute approximate surface area is 113 Å². The topological polar surface area (TPSA) is 46.6 Å². The van der Waals surface area contributed by atoms with Crippen molar-refractivity contribution in [3.8, 4) is 5.75 Å². The van der Waals surface area contributed by atoms with Crippen molar-refractivity contribution in [1.29, 1.82) is 0 Å². The molecule has 0 aromatic heterocycles. The maximum atomic E-state index is 11.7. The molecule has 1 aliphatic heterocycles. The lowest BCUT2D eigenvalue weighted by atomic mass is 9.97. The monoisotopic (exact) mass is 261 g/mol. The highest BCUT2D eigenvalue weighted by molar-refractivity contribution is 5.95. The Morgan fingerprint density at radius 3 is 2.32 bits per heavy atom. The number of rotatable bonds is 2. The zero-order valence-electron chi connectivity index (χ0n) is 11.6. The summed E-state index contributed by atoms with van der Waals surface area (Å²) in [4.78, 5) is 25.1. The van der Waals surface area contributed by atoms with E-state index >= 15 is 0 Å². The van der Waals surface area contributed by atoms with Crippen LogP contribution in [0, 0.1) is 5.41 Å². The van der Waals surface area contributed by atoms with E-state index in [0.717, 1.165) is 18.7 Å². The predicted molar refractivity (Wildman–Crippen MR) is 73.1 cm³/mol. The highest BCUT2D eigenvalue weighted by Crippen LogP contribution is 2.25. The largest absolute Gasteiger partial charge is 0.426 e. The number of nitrogens with zero attached hydrogens (tertiary/aromatic N) is 1. The highest BCUT2D eigenvalue weighted by atomic mass is 16.5. The van der Waals surface area contributed by atoms with Crippen LogP contribution in [0.15, 0.2) is 24.3 Å². The number of esters is 1. The van der Waals surface area contributed by atoms with Gasteiger partial charge in [-0.25, -0.2) is 0 Å². The predicted octanol–water partition coefficient (Wildman–Crippen LogP) is 2.76. The van der Waals surface area contributed by atoms with Crippen molar-refractivity contribution in [2.45, 2.75) is 33.6 Å². The van der Waals surface area contributed by atoms with Crippen molar-refractivity contribution in [3.05, 3.63) is 24.3 Å². The molecule has 0 aliphatic carbocycles. The van der Waals surface area contributed by atoms with E-state index in [9.17, 15) is 9.59 Å². The van der Waals surface area contributed by atoms with Gasteiger partial charge in [0.1, 0.15) is 5.75 Å². The molecule has 0 radical (unpaired) electrons. The summed E-state index contributed by atoms with van der Waals surface area (Å²) < 4.78 is 5.28. The van der Waals surface area contributed by atoms with Crippen molar-refractivity contribution in [2.75, 3.05) is 11.4 Å². The van der Waals surface area contributed by atoms with Gasteiger partial charge in [-0.3, -0.25) is 9.59 Å². The second kappa shape index (κ2) is 5.03. The lowest BCUT2D eigenvalue weighted by Gasteiger charge is -2.18. The highest BCUT2D eigenvalue weighted by Gasteiger charge is 2.24. The van der Waals surface area contributed by atoms with Gasteiger partial charge in [0.25, 0.3) is 0 Å². The molecular weight excluding hydrogens is 242 g/mol. The Balaban J connectivity index is 2.07. The number of amides is 1. The maximum Gasteiger partial charge on any atom is 0.316 e. The molecule has 1 aliphatic rings. The number of hydrogen-bond acceptors (Lipinski definition) is 3.